The Morgan fingerprint density at radius 1 is 1.71 bits per heavy atom. The van der Waals surface area contributed by atoms with Crippen molar-refractivity contribution in [1.29, 1.82) is 0 Å². The summed E-state index contributed by atoms with van der Waals surface area (Å²) in [5.74, 6) is -0.595. The quantitative estimate of drug-likeness (QED) is 0.730. The van der Waals surface area contributed by atoms with Crippen LogP contribution in [-0.2, 0) is 11.4 Å². The molecule has 14 heavy (non-hydrogen) atoms. The van der Waals surface area contributed by atoms with Crippen LogP contribution in [0.2, 0.25) is 5.02 Å². The lowest BCUT2D eigenvalue weighted by Crippen LogP contribution is -2.08. The predicted molar refractivity (Wildman–Crippen MR) is 50.0 cm³/mol. The van der Waals surface area contributed by atoms with Gasteiger partial charge in [-0.05, 0) is 13.0 Å². The molecule has 5 heteroatoms. The Balaban J connectivity index is 2.94. The zero-order valence-electron chi connectivity index (χ0n) is 7.59. The fourth-order valence-electron chi connectivity index (χ4n) is 0.900. The van der Waals surface area contributed by atoms with Crippen molar-refractivity contribution in [3.05, 3.63) is 28.5 Å². The van der Waals surface area contributed by atoms with Crippen LogP contribution in [0.4, 0.5) is 4.39 Å². The Bertz CT molecular complexity index is 344. The predicted octanol–water partition coefficient (Wildman–Crippen LogP) is 2.38. The van der Waals surface area contributed by atoms with Crippen LogP contribution in [0.5, 0.6) is 0 Å². The van der Waals surface area contributed by atoms with E-state index in [4.69, 9.17) is 16.3 Å². The van der Waals surface area contributed by atoms with Crippen molar-refractivity contribution >= 4 is 17.6 Å². The van der Waals surface area contributed by atoms with Crippen LogP contribution in [0.3, 0.4) is 0 Å². The van der Waals surface area contributed by atoms with Crippen molar-refractivity contribution in [2.45, 2.75) is 13.6 Å². The standard InChI is InChI=1S/C9H9ClFNO2/c1-2-14-9(13)8-7(10)3-6(4-11)5-12-8/h3,5H,2,4H2,1H3. The summed E-state index contributed by atoms with van der Waals surface area (Å²) in [5.41, 5.74) is 0.355. The van der Waals surface area contributed by atoms with Crippen LogP contribution in [0.15, 0.2) is 12.3 Å². The highest BCUT2D eigenvalue weighted by atomic mass is 35.5. The van der Waals surface area contributed by atoms with Gasteiger partial charge in [-0.3, -0.25) is 0 Å². The van der Waals surface area contributed by atoms with Gasteiger partial charge in [0, 0.05) is 11.8 Å². The number of ether oxygens (including phenoxy) is 1. The third kappa shape index (κ3) is 2.42. The van der Waals surface area contributed by atoms with Gasteiger partial charge in [0.1, 0.15) is 6.67 Å². The molecule has 0 aliphatic heterocycles. The molecule has 0 amide bonds. The van der Waals surface area contributed by atoms with E-state index >= 15 is 0 Å². The molecule has 0 unspecified atom stereocenters. The Hall–Kier alpha value is -1.16. The van der Waals surface area contributed by atoms with Gasteiger partial charge in [0.2, 0.25) is 0 Å². The number of hydrogen-bond acceptors (Lipinski definition) is 3. The molecule has 0 radical (unpaired) electrons. The van der Waals surface area contributed by atoms with Crippen LogP contribution >= 0.6 is 11.6 Å². The zero-order chi connectivity index (χ0) is 10.6. The van der Waals surface area contributed by atoms with E-state index in [-0.39, 0.29) is 17.3 Å². The normalized spacial score (nSPS) is 9.93. The number of halogens is 2. The fourth-order valence-corrected chi connectivity index (χ4v) is 1.17. The molecule has 0 fully saturated rings. The first-order valence-electron chi connectivity index (χ1n) is 4.06. The van der Waals surface area contributed by atoms with E-state index < -0.39 is 12.6 Å². The lowest BCUT2D eigenvalue weighted by Gasteiger charge is -2.03. The van der Waals surface area contributed by atoms with E-state index in [1.807, 2.05) is 0 Å². The molecule has 1 heterocycles. The van der Waals surface area contributed by atoms with Crippen LogP contribution in [0.25, 0.3) is 0 Å². The summed E-state index contributed by atoms with van der Waals surface area (Å²) in [5, 5.41) is 0.110. The molecule has 0 spiro atoms. The third-order valence-electron chi connectivity index (χ3n) is 1.52. The largest absolute Gasteiger partial charge is 0.461 e. The van der Waals surface area contributed by atoms with E-state index in [1.54, 1.807) is 6.92 Å². The topological polar surface area (TPSA) is 39.2 Å². The molecule has 3 nitrogen and oxygen atoms in total. The molecule has 76 valence electrons. The Kier molecular flexibility index (Phi) is 3.83. The van der Waals surface area contributed by atoms with Crippen molar-refractivity contribution in [2.75, 3.05) is 6.61 Å². The molecule has 0 aromatic carbocycles. The van der Waals surface area contributed by atoms with Gasteiger partial charge in [-0.15, -0.1) is 0 Å². The van der Waals surface area contributed by atoms with Gasteiger partial charge in [0.05, 0.1) is 11.6 Å². The SMILES string of the molecule is CCOC(=O)c1ncc(CF)cc1Cl. The van der Waals surface area contributed by atoms with Crippen LogP contribution in [0.1, 0.15) is 23.0 Å². The number of esters is 1. The van der Waals surface area contributed by atoms with Gasteiger partial charge in [-0.2, -0.15) is 0 Å². The van der Waals surface area contributed by atoms with Crippen LogP contribution < -0.4 is 0 Å². The van der Waals surface area contributed by atoms with Gasteiger partial charge in [-0.25, -0.2) is 14.2 Å². The molecule has 0 bridgehead atoms. The molecule has 1 aromatic heterocycles. The molecule has 0 saturated heterocycles. The maximum atomic E-state index is 12.2. The summed E-state index contributed by atoms with van der Waals surface area (Å²) < 4.78 is 16.9. The number of rotatable bonds is 3. The molecule has 0 aliphatic carbocycles. The Morgan fingerprint density at radius 2 is 2.43 bits per heavy atom. The second-order valence-corrected chi connectivity index (χ2v) is 2.94. The molecule has 1 aromatic rings. The summed E-state index contributed by atoms with van der Waals surface area (Å²) >= 11 is 5.71. The minimum Gasteiger partial charge on any atom is -0.461 e. The van der Waals surface area contributed by atoms with Crippen molar-refractivity contribution < 1.29 is 13.9 Å². The van der Waals surface area contributed by atoms with Crippen molar-refractivity contribution in [1.82, 2.24) is 4.98 Å². The highest BCUT2D eigenvalue weighted by Crippen LogP contribution is 2.16. The summed E-state index contributed by atoms with van der Waals surface area (Å²) in [6, 6.07) is 1.36. The summed E-state index contributed by atoms with van der Waals surface area (Å²) in [4.78, 5) is 14.9. The number of carbonyl (C=O) groups is 1. The van der Waals surface area contributed by atoms with Crippen LogP contribution in [0, 0.1) is 0 Å². The van der Waals surface area contributed by atoms with E-state index in [1.165, 1.54) is 12.3 Å². The molecule has 0 saturated carbocycles. The van der Waals surface area contributed by atoms with E-state index in [2.05, 4.69) is 4.98 Å². The molecule has 0 N–H and O–H groups in total. The Labute approximate surface area is 85.9 Å². The number of carbonyl (C=O) groups excluding carboxylic acids is 1. The number of nitrogens with zero attached hydrogens (tertiary/aromatic N) is 1. The summed E-state index contributed by atoms with van der Waals surface area (Å²) in [6.07, 6.45) is 1.26. The molecular weight excluding hydrogens is 209 g/mol. The second-order valence-electron chi connectivity index (χ2n) is 2.53. The molecule has 0 aliphatic rings. The molecule has 1 rings (SSSR count). The van der Waals surface area contributed by atoms with Crippen molar-refractivity contribution in [3.63, 3.8) is 0 Å². The zero-order valence-corrected chi connectivity index (χ0v) is 8.34. The number of alkyl halides is 1. The monoisotopic (exact) mass is 217 g/mol. The number of pyridine rings is 1. The highest BCUT2D eigenvalue weighted by molar-refractivity contribution is 6.33. The number of aromatic nitrogens is 1. The van der Waals surface area contributed by atoms with Crippen LogP contribution in [-0.4, -0.2) is 17.6 Å². The maximum absolute atomic E-state index is 12.2. The fraction of sp³-hybridized carbons (Fsp3) is 0.333. The minimum atomic E-state index is -0.657. The second kappa shape index (κ2) is 4.91. The van der Waals surface area contributed by atoms with Gasteiger partial charge < -0.3 is 4.74 Å². The first-order chi connectivity index (χ1) is 6.69. The first-order valence-corrected chi connectivity index (χ1v) is 4.44. The van der Waals surface area contributed by atoms with Crippen molar-refractivity contribution in [3.8, 4) is 0 Å². The van der Waals surface area contributed by atoms with E-state index in [0.29, 0.717) is 5.56 Å². The lowest BCUT2D eigenvalue weighted by atomic mass is 10.2. The highest BCUT2D eigenvalue weighted by Gasteiger charge is 2.13. The van der Waals surface area contributed by atoms with Gasteiger partial charge in [0.25, 0.3) is 0 Å². The smallest absolute Gasteiger partial charge is 0.358 e. The van der Waals surface area contributed by atoms with Gasteiger partial charge >= 0.3 is 5.97 Å². The third-order valence-corrected chi connectivity index (χ3v) is 1.81. The lowest BCUT2D eigenvalue weighted by molar-refractivity contribution is 0.0519. The van der Waals surface area contributed by atoms with E-state index in [9.17, 15) is 9.18 Å². The molecule has 0 atom stereocenters. The first kappa shape index (κ1) is 10.9. The van der Waals surface area contributed by atoms with E-state index in [0.717, 1.165) is 0 Å². The molecular formula is C9H9ClFNO2. The average Bonchev–Trinajstić information content (AvgIpc) is 2.17. The number of hydrogen-bond donors (Lipinski definition) is 0. The van der Waals surface area contributed by atoms with Crippen molar-refractivity contribution in [2.24, 2.45) is 0 Å². The average molecular weight is 218 g/mol. The van der Waals surface area contributed by atoms with Gasteiger partial charge in [-0.1, -0.05) is 11.6 Å². The summed E-state index contributed by atoms with van der Waals surface area (Å²) in [6.45, 7) is 1.28. The maximum Gasteiger partial charge on any atom is 0.358 e. The van der Waals surface area contributed by atoms with Gasteiger partial charge in [0.15, 0.2) is 5.69 Å². The minimum absolute atomic E-state index is 0.0192. The summed E-state index contributed by atoms with van der Waals surface area (Å²) in [7, 11) is 0. The Morgan fingerprint density at radius 3 is 2.93 bits per heavy atom.